The number of aromatic nitrogens is 3. The van der Waals surface area contributed by atoms with Crippen LogP contribution in [0.1, 0.15) is 0 Å². The highest BCUT2D eigenvalue weighted by Gasteiger charge is 2.19. The fraction of sp³-hybridized carbons (Fsp3) is 0.667. The van der Waals surface area contributed by atoms with E-state index in [2.05, 4.69) is 15.0 Å². The number of rotatable bonds is 2. The van der Waals surface area contributed by atoms with Crippen molar-refractivity contribution in [1.82, 2.24) is 15.0 Å². The van der Waals surface area contributed by atoms with Crippen LogP contribution < -0.4 is 9.80 Å². The summed E-state index contributed by atoms with van der Waals surface area (Å²) in [6.07, 6.45) is 0. The van der Waals surface area contributed by atoms with E-state index in [-0.39, 0.29) is 5.28 Å². The molecule has 0 radical (unpaired) electrons. The van der Waals surface area contributed by atoms with Gasteiger partial charge in [0.2, 0.25) is 17.2 Å². The van der Waals surface area contributed by atoms with Gasteiger partial charge >= 0.3 is 0 Å². The number of hydrogen-bond acceptors (Lipinski definition) is 6. The summed E-state index contributed by atoms with van der Waals surface area (Å²) in [6.45, 7) is 1.39. The van der Waals surface area contributed by atoms with Crippen molar-refractivity contribution in [2.24, 2.45) is 0 Å². The van der Waals surface area contributed by atoms with Gasteiger partial charge in [-0.1, -0.05) is 0 Å². The fourth-order valence-corrected chi connectivity index (χ4v) is 2.71. The van der Waals surface area contributed by atoms with E-state index in [0.717, 1.165) is 0 Å². The Labute approximate surface area is 107 Å². The third kappa shape index (κ3) is 3.04. The molecule has 1 aromatic heterocycles. The van der Waals surface area contributed by atoms with E-state index in [1.54, 1.807) is 4.90 Å². The van der Waals surface area contributed by atoms with Gasteiger partial charge in [0.05, 0.1) is 0 Å². The molecule has 0 amide bonds. The molecule has 2 rings (SSSR count). The van der Waals surface area contributed by atoms with E-state index in [0.29, 0.717) is 36.5 Å². The smallest absolute Gasteiger partial charge is 0.231 e. The Morgan fingerprint density at radius 3 is 2.47 bits per heavy atom. The molecule has 0 bridgehead atoms. The zero-order valence-corrected chi connectivity index (χ0v) is 11.3. The Morgan fingerprint density at radius 1 is 1.24 bits per heavy atom. The van der Waals surface area contributed by atoms with Crippen molar-refractivity contribution in [2.45, 2.75) is 0 Å². The lowest BCUT2D eigenvalue weighted by atomic mass is 10.5. The maximum atomic E-state index is 11.3. The molecular weight excluding hydrogens is 262 g/mol. The van der Waals surface area contributed by atoms with E-state index in [1.165, 1.54) is 0 Å². The van der Waals surface area contributed by atoms with Crippen LogP contribution in [0.15, 0.2) is 0 Å². The van der Waals surface area contributed by atoms with Crippen LogP contribution in [0.25, 0.3) is 0 Å². The van der Waals surface area contributed by atoms with Gasteiger partial charge in [-0.05, 0) is 11.6 Å². The maximum Gasteiger partial charge on any atom is 0.231 e. The van der Waals surface area contributed by atoms with Gasteiger partial charge < -0.3 is 9.80 Å². The first kappa shape index (κ1) is 12.5. The molecule has 6 nitrogen and oxygen atoms in total. The van der Waals surface area contributed by atoms with Crippen LogP contribution in [0.4, 0.5) is 11.9 Å². The molecule has 0 N–H and O–H groups in total. The van der Waals surface area contributed by atoms with E-state index < -0.39 is 10.8 Å². The Hall–Kier alpha value is -0.950. The summed E-state index contributed by atoms with van der Waals surface area (Å²) in [7, 11) is 2.99. The average molecular weight is 276 g/mol. The van der Waals surface area contributed by atoms with E-state index >= 15 is 0 Å². The first-order valence-corrected chi connectivity index (χ1v) is 7.11. The molecular formula is C9H14ClN5OS. The van der Waals surface area contributed by atoms with Crippen LogP contribution in [-0.4, -0.2) is 57.9 Å². The molecule has 0 unspecified atom stereocenters. The Kier molecular flexibility index (Phi) is 3.78. The topological polar surface area (TPSA) is 62.2 Å². The minimum Gasteiger partial charge on any atom is -0.347 e. The van der Waals surface area contributed by atoms with Crippen LogP contribution >= 0.6 is 11.6 Å². The van der Waals surface area contributed by atoms with Gasteiger partial charge in [0.1, 0.15) is 0 Å². The molecule has 0 saturated carbocycles. The molecule has 17 heavy (non-hydrogen) atoms. The monoisotopic (exact) mass is 275 g/mol. The van der Waals surface area contributed by atoms with Gasteiger partial charge in [-0.2, -0.15) is 15.0 Å². The first-order chi connectivity index (χ1) is 8.06. The molecule has 1 aliphatic rings. The van der Waals surface area contributed by atoms with Crippen molar-refractivity contribution in [3.05, 3.63) is 5.28 Å². The van der Waals surface area contributed by atoms with Crippen molar-refractivity contribution in [1.29, 1.82) is 0 Å². The second-order valence-corrected chi connectivity index (χ2v) is 5.97. The van der Waals surface area contributed by atoms with Gasteiger partial charge in [-0.25, -0.2) is 0 Å². The predicted molar refractivity (Wildman–Crippen MR) is 69.3 cm³/mol. The second-order valence-electron chi connectivity index (χ2n) is 3.93. The summed E-state index contributed by atoms with van der Waals surface area (Å²) in [4.78, 5) is 16.2. The van der Waals surface area contributed by atoms with Gasteiger partial charge in [0.25, 0.3) is 0 Å². The van der Waals surface area contributed by atoms with Gasteiger partial charge in [-0.15, -0.1) is 0 Å². The van der Waals surface area contributed by atoms with Crippen LogP contribution in [0.3, 0.4) is 0 Å². The van der Waals surface area contributed by atoms with Crippen LogP contribution in [-0.2, 0) is 10.8 Å². The summed E-state index contributed by atoms with van der Waals surface area (Å²) >= 11 is 5.87. The molecule has 0 aliphatic carbocycles. The van der Waals surface area contributed by atoms with Crippen molar-refractivity contribution >= 4 is 34.3 Å². The Bertz CT molecular complexity index is 431. The number of halogens is 1. The summed E-state index contributed by atoms with van der Waals surface area (Å²) in [5.74, 6) is 2.40. The fourth-order valence-electron chi connectivity index (χ4n) is 1.51. The third-order valence-corrected chi connectivity index (χ3v) is 3.89. The Morgan fingerprint density at radius 2 is 1.88 bits per heavy atom. The Balaban J connectivity index is 2.23. The minimum absolute atomic E-state index is 0.186. The zero-order valence-electron chi connectivity index (χ0n) is 9.76. The summed E-state index contributed by atoms with van der Waals surface area (Å²) in [6, 6.07) is 0. The van der Waals surface area contributed by atoms with Crippen LogP contribution in [0.5, 0.6) is 0 Å². The molecule has 2 heterocycles. The highest BCUT2D eigenvalue weighted by Crippen LogP contribution is 2.16. The van der Waals surface area contributed by atoms with Crippen molar-refractivity contribution < 1.29 is 4.21 Å². The maximum absolute atomic E-state index is 11.3. The van der Waals surface area contributed by atoms with Gasteiger partial charge in [0.15, 0.2) is 0 Å². The second kappa shape index (κ2) is 5.14. The van der Waals surface area contributed by atoms with E-state index in [9.17, 15) is 4.21 Å². The highest BCUT2D eigenvalue weighted by molar-refractivity contribution is 7.85. The third-order valence-electron chi connectivity index (χ3n) is 2.45. The van der Waals surface area contributed by atoms with E-state index in [1.807, 2.05) is 19.0 Å². The molecule has 0 aromatic carbocycles. The SMILES string of the molecule is CN(C)c1nc(Cl)nc(N2CCS(=O)CC2)n1. The molecule has 1 aromatic rings. The molecule has 1 saturated heterocycles. The number of hydrogen-bond donors (Lipinski definition) is 0. The van der Waals surface area contributed by atoms with Crippen LogP contribution in [0.2, 0.25) is 5.28 Å². The number of anilines is 2. The largest absolute Gasteiger partial charge is 0.347 e. The minimum atomic E-state index is -0.710. The molecule has 1 aliphatic heterocycles. The summed E-state index contributed by atoms with van der Waals surface area (Å²) in [5.41, 5.74) is 0. The molecule has 0 atom stereocenters. The summed E-state index contributed by atoms with van der Waals surface area (Å²) in [5, 5.41) is 0.186. The first-order valence-electron chi connectivity index (χ1n) is 5.25. The standard InChI is InChI=1S/C9H14ClN5OS/c1-14(2)8-11-7(10)12-9(13-8)15-3-5-17(16)6-4-15/h3-6H2,1-2H3. The average Bonchev–Trinajstić information content (AvgIpc) is 2.29. The highest BCUT2D eigenvalue weighted by atomic mass is 35.5. The molecule has 8 heteroatoms. The van der Waals surface area contributed by atoms with Crippen LogP contribution in [0, 0.1) is 0 Å². The van der Waals surface area contributed by atoms with Gasteiger partial charge in [0, 0.05) is 49.5 Å². The van der Waals surface area contributed by atoms with Crippen molar-refractivity contribution in [2.75, 3.05) is 48.5 Å². The number of nitrogens with zero attached hydrogens (tertiary/aromatic N) is 5. The van der Waals surface area contributed by atoms with Crippen molar-refractivity contribution in [3.63, 3.8) is 0 Å². The zero-order chi connectivity index (χ0) is 12.4. The summed E-state index contributed by atoms with van der Waals surface area (Å²) < 4.78 is 11.3. The quantitative estimate of drug-likeness (QED) is 0.766. The lowest BCUT2D eigenvalue weighted by Gasteiger charge is -2.26. The van der Waals surface area contributed by atoms with Crippen molar-refractivity contribution in [3.8, 4) is 0 Å². The molecule has 94 valence electrons. The normalized spacial score (nSPS) is 17.2. The molecule has 0 spiro atoms. The van der Waals surface area contributed by atoms with Gasteiger partial charge in [-0.3, -0.25) is 4.21 Å². The predicted octanol–water partition coefficient (Wildman–Crippen LogP) is 0.160. The lowest BCUT2D eigenvalue weighted by Crippen LogP contribution is -2.39. The molecule has 1 fully saturated rings. The van der Waals surface area contributed by atoms with E-state index in [4.69, 9.17) is 11.6 Å². The lowest BCUT2D eigenvalue weighted by molar-refractivity contribution is 0.671.